The van der Waals surface area contributed by atoms with Gasteiger partial charge in [-0.15, -0.1) is 0 Å². The molecule has 0 bridgehead atoms. The number of nitrogens with zero attached hydrogens (tertiary/aromatic N) is 2. The topological polar surface area (TPSA) is 93.5 Å². The quantitative estimate of drug-likeness (QED) is 0.656. The van der Waals surface area contributed by atoms with Crippen molar-refractivity contribution in [2.75, 3.05) is 11.9 Å². The van der Waals surface area contributed by atoms with E-state index in [0.717, 1.165) is 5.69 Å². The number of fused-ring (bicyclic) bond motifs is 1. The first-order valence-electron chi connectivity index (χ1n) is 8.06. The number of carbonyl (C=O) groups excluding carboxylic acids is 1. The average molecular weight is 341 g/mol. The van der Waals surface area contributed by atoms with Crippen LogP contribution in [0.3, 0.4) is 0 Å². The van der Waals surface area contributed by atoms with E-state index in [4.69, 9.17) is 4.74 Å². The number of carbonyl (C=O) groups is 1. The summed E-state index contributed by atoms with van der Waals surface area (Å²) >= 11 is 0. The summed E-state index contributed by atoms with van der Waals surface area (Å²) in [6.45, 7) is 3.78. The molecule has 1 aliphatic rings. The number of hydrogen-bond donors (Lipinski definition) is 2. The van der Waals surface area contributed by atoms with Crippen molar-refractivity contribution in [2.24, 2.45) is 0 Å². The fourth-order valence-corrected chi connectivity index (χ4v) is 2.72. The Morgan fingerprint density at radius 3 is 2.80 bits per heavy atom. The second-order valence-corrected chi connectivity index (χ2v) is 5.77. The number of aromatic hydroxyl groups is 1. The number of rotatable bonds is 4. The molecule has 7 heteroatoms. The maximum absolute atomic E-state index is 12.7. The molecule has 0 saturated heterocycles. The molecule has 0 amide bonds. The fourth-order valence-electron chi connectivity index (χ4n) is 2.72. The molecule has 1 unspecified atom stereocenters. The number of esters is 1. The summed E-state index contributed by atoms with van der Waals surface area (Å²) in [5, 5.41) is 12.6. The van der Waals surface area contributed by atoms with Crippen LogP contribution in [0.5, 0.6) is 5.75 Å². The molecule has 1 aromatic carbocycles. The highest BCUT2D eigenvalue weighted by molar-refractivity contribution is 5.89. The van der Waals surface area contributed by atoms with Gasteiger partial charge < -0.3 is 15.2 Å². The number of nitrogens with one attached hydrogen (secondary N) is 1. The molecular formula is C18H19N3O4. The van der Waals surface area contributed by atoms with E-state index in [1.807, 2.05) is 13.0 Å². The third-order valence-corrected chi connectivity index (χ3v) is 3.98. The van der Waals surface area contributed by atoms with E-state index < -0.39 is 11.5 Å². The summed E-state index contributed by atoms with van der Waals surface area (Å²) in [5.41, 5.74) is 0.961. The third-order valence-electron chi connectivity index (χ3n) is 3.98. The summed E-state index contributed by atoms with van der Waals surface area (Å²) in [6, 6.07) is 6.47. The number of aromatic nitrogens is 2. The van der Waals surface area contributed by atoms with Crippen LogP contribution in [0.15, 0.2) is 41.3 Å². The van der Waals surface area contributed by atoms with Crippen LogP contribution < -0.4 is 10.9 Å². The predicted molar refractivity (Wildman–Crippen MR) is 93.5 cm³/mol. The van der Waals surface area contributed by atoms with Gasteiger partial charge in [0.05, 0.1) is 12.3 Å². The Hall–Kier alpha value is -3.09. The minimum atomic E-state index is -0.662. The molecule has 0 radical (unpaired) electrons. The molecule has 7 nitrogen and oxygen atoms in total. The molecule has 1 atom stereocenters. The summed E-state index contributed by atoms with van der Waals surface area (Å²) in [5.74, 6) is -0.0272. The van der Waals surface area contributed by atoms with Crippen molar-refractivity contribution >= 4 is 17.4 Å². The van der Waals surface area contributed by atoms with Crippen LogP contribution in [-0.2, 0) is 4.74 Å². The lowest BCUT2D eigenvalue weighted by atomic mass is 10.1. The summed E-state index contributed by atoms with van der Waals surface area (Å²) < 4.78 is 6.43. The number of ether oxygens (including phenoxy) is 1. The van der Waals surface area contributed by atoms with Gasteiger partial charge in [-0.3, -0.25) is 9.36 Å². The Labute approximate surface area is 144 Å². The second-order valence-electron chi connectivity index (χ2n) is 5.77. The highest BCUT2D eigenvalue weighted by Gasteiger charge is 2.24. The van der Waals surface area contributed by atoms with E-state index >= 15 is 0 Å². The van der Waals surface area contributed by atoms with Gasteiger partial charge >= 0.3 is 5.97 Å². The lowest BCUT2D eigenvalue weighted by Gasteiger charge is -2.25. The van der Waals surface area contributed by atoms with Crippen LogP contribution in [0.2, 0.25) is 0 Å². The maximum atomic E-state index is 12.7. The molecule has 2 aromatic rings. The molecule has 3 rings (SSSR count). The molecular weight excluding hydrogens is 322 g/mol. The van der Waals surface area contributed by atoms with Crippen molar-refractivity contribution < 1.29 is 14.6 Å². The fraction of sp³-hybridized carbons (Fsp3) is 0.278. The lowest BCUT2D eigenvalue weighted by molar-refractivity contribution is 0.0522. The smallest absolute Gasteiger partial charge is 0.345 e. The maximum Gasteiger partial charge on any atom is 0.345 e. The molecule has 2 N–H and O–H groups in total. The normalized spacial score (nSPS) is 15.9. The summed E-state index contributed by atoms with van der Waals surface area (Å²) in [4.78, 5) is 29.0. The Bertz CT molecular complexity index is 884. The number of anilines is 1. The van der Waals surface area contributed by atoms with Crippen molar-refractivity contribution in [1.29, 1.82) is 0 Å². The lowest BCUT2D eigenvalue weighted by Crippen LogP contribution is -2.34. The Kier molecular flexibility index (Phi) is 4.56. The molecule has 130 valence electrons. The molecule has 0 fully saturated rings. The molecule has 25 heavy (non-hydrogen) atoms. The zero-order valence-electron chi connectivity index (χ0n) is 14.0. The van der Waals surface area contributed by atoms with Gasteiger partial charge in [0.2, 0.25) is 0 Å². The number of allylic oxidation sites excluding steroid dienone is 1. The third kappa shape index (κ3) is 3.26. The Morgan fingerprint density at radius 1 is 1.40 bits per heavy atom. The van der Waals surface area contributed by atoms with E-state index in [1.54, 1.807) is 31.2 Å². The van der Waals surface area contributed by atoms with Crippen molar-refractivity contribution in [2.45, 2.75) is 26.3 Å². The van der Waals surface area contributed by atoms with Gasteiger partial charge in [-0.25, -0.2) is 9.78 Å². The largest absolute Gasteiger partial charge is 0.508 e. The molecule has 1 aromatic heterocycles. The van der Waals surface area contributed by atoms with Crippen molar-refractivity contribution in [3.05, 3.63) is 58.3 Å². The summed E-state index contributed by atoms with van der Waals surface area (Å²) in [6.07, 6.45) is 3.85. The summed E-state index contributed by atoms with van der Waals surface area (Å²) in [7, 11) is 0. The average Bonchev–Trinajstić information content (AvgIpc) is 2.59. The van der Waals surface area contributed by atoms with E-state index in [2.05, 4.69) is 10.3 Å². The second kappa shape index (κ2) is 6.80. The number of phenolic OH excluding ortho intramolecular Hbond substituents is 1. The highest BCUT2D eigenvalue weighted by Crippen LogP contribution is 2.27. The first-order chi connectivity index (χ1) is 12.0. The van der Waals surface area contributed by atoms with Crippen molar-refractivity contribution in [3.63, 3.8) is 0 Å². The van der Waals surface area contributed by atoms with Gasteiger partial charge in [0, 0.05) is 17.9 Å². The van der Waals surface area contributed by atoms with Crippen molar-refractivity contribution in [3.8, 4) is 5.75 Å². The van der Waals surface area contributed by atoms with Crippen LogP contribution in [0.4, 0.5) is 5.69 Å². The SMILES string of the molecule is CCOC(=O)c1cnc2n(c1=O)C(C)CC=C2Nc1ccc(O)cc1. The number of hydrogen-bond acceptors (Lipinski definition) is 6. The van der Waals surface area contributed by atoms with Gasteiger partial charge in [0.25, 0.3) is 5.56 Å². The molecule has 2 heterocycles. The number of phenols is 1. The van der Waals surface area contributed by atoms with Gasteiger partial charge in [-0.05, 0) is 44.5 Å². The van der Waals surface area contributed by atoms with Gasteiger partial charge in [-0.1, -0.05) is 6.08 Å². The van der Waals surface area contributed by atoms with Crippen LogP contribution in [0.1, 0.15) is 42.5 Å². The Balaban J connectivity index is 1.99. The molecule has 0 saturated carbocycles. The standard InChI is InChI=1S/C18H19N3O4/c1-3-25-18(24)14-10-19-16-15(9-4-11(2)21(16)17(14)23)20-12-5-7-13(22)8-6-12/h5-11,20,22H,3-4H2,1-2H3. The predicted octanol–water partition coefficient (Wildman–Crippen LogP) is 2.54. The van der Waals surface area contributed by atoms with Crippen molar-refractivity contribution in [1.82, 2.24) is 9.55 Å². The molecule has 1 aliphatic heterocycles. The first kappa shape index (κ1) is 16.8. The number of benzene rings is 1. The van der Waals surface area contributed by atoms with Gasteiger partial charge in [0.1, 0.15) is 11.3 Å². The van der Waals surface area contributed by atoms with Gasteiger partial charge in [-0.2, -0.15) is 0 Å². The monoisotopic (exact) mass is 341 g/mol. The van der Waals surface area contributed by atoms with Gasteiger partial charge in [0.15, 0.2) is 5.82 Å². The van der Waals surface area contributed by atoms with E-state index in [1.165, 1.54) is 10.8 Å². The van der Waals surface area contributed by atoms with E-state index in [-0.39, 0.29) is 24.0 Å². The van der Waals surface area contributed by atoms with E-state index in [9.17, 15) is 14.7 Å². The zero-order valence-corrected chi connectivity index (χ0v) is 14.0. The highest BCUT2D eigenvalue weighted by atomic mass is 16.5. The zero-order chi connectivity index (χ0) is 18.0. The Morgan fingerprint density at radius 2 is 2.12 bits per heavy atom. The van der Waals surface area contributed by atoms with Crippen LogP contribution in [0.25, 0.3) is 5.70 Å². The minimum Gasteiger partial charge on any atom is -0.508 e. The van der Waals surface area contributed by atoms with E-state index in [0.29, 0.717) is 17.9 Å². The van der Waals surface area contributed by atoms with Crippen LogP contribution >= 0.6 is 0 Å². The molecule has 0 spiro atoms. The molecule has 0 aliphatic carbocycles. The first-order valence-corrected chi connectivity index (χ1v) is 8.06. The van der Waals surface area contributed by atoms with Crippen LogP contribution in [0, 0.1) is 0 Å². The van der Waals surface area contributed by atoms with Crippen LogP contribution in [-0.4, -0.2) is 27.2 Å². The minimum absolute atomic E-state index is 0.0664.